The van der Waals surface area contributed by atoms with E-state index in [-0.39, 0.29) is 12.3 Å². The van der Waals surface area contributed by atoms with Crippen molar-refractivity contribution < 1.29 is 14.3 Å². The Bertz CT molecular complexity index is 391. The Morgan fingerprint density at radius 3 is 2.53 bits per heavy atom. The average Bonchev–Trinajstić information content (AvgIpc) is 2.28. The Kier molecular flexibility index (Phi) is 4.78. The number of hydrogen-bond acceptors (Lipinski definition) is 4. The summed E-state index contributed by atoms with van der Waals surface area (Å²) >= 11 is 0. The van der Waals surface area contributed by atoms with Crippen LogP contribution in [0.3, 0.4) is 0 Å². The Morgan fingerprint density at radius 2 is 2.00 bits per heavy atom. The monoisotopic (exact) mass is 238 g/mol. The lowest BCUT2D eigenvalue weighted by atomic mass is 10.1. The van der Waals surface area contributed by atoms with Crippen LogP contribution in [0.25, 0.3) is 0 Å². The molecule has 94 valence electrons. The van der Waals surface area contributed by atoms with Crippen molar-refractivity contribution in [3.8, 4) is 11.5 Å². The van der Waals surface area contributed by atoms with Crippen molar-refractivity contribution in [3.05, 3.63) is 23.8 Å². The number of carbonyl (C=O) groups is 1. The molecule has 0 bridgehead atoms. The molecular weight excluding hydrogens is 220 g/mol. The van der Waals surface area contributed by atoms with E-state index in [0.29, 0.717) is 11.5 Å². The topological polar surface area (TPSA) is 50.8 Å². The molecule has 1 N–H and O–H groups in total. The Balaban J connectivity index is 2.80. The molecule has 0 spiro atoms. The maximum Gasteiger partial charge on any atom is 0.238 e. The molecule has 17 heavy (non-hydrogen) atoms. The molecule has 5 nitrogen and oxygen atoms in total. The zero-order valence-electron chi connectivity index (χ0n) is 10.6. The number of carbonyl (C=O) groups excluding carboxylic acids is 1. The first-order valence-corrected chi connectivity index (χ1v) is 5.24. The highest BCUT2D eigenvalue weighted by atomic mass is 16.5. The normalized spacial score (nSPS) is 10.2. The van der Waals surface area contributed by atoms with Crippen molar-refractivity contribution in [2.24, 2.45) is 0 Å². The predicted molar refractivity (Wildman–Crippen MR) is 65.1 cm³/mol. The van der Waals surface area contributed by atoms with Gasteiger partial charge < -0.3 is 9.47 Å². The zero-order valence-corrected chi connectivity index (χ0v) is 10.6. The first-order valence-electron chi connectivity index (χ1n) is 5.24. The van der Waals surface area contributed by atoms with Crippen LogP contribution in [0.1, 0.15) is 5.56 Å². The lowest BCUT2D eigenvalue weighted by Gasteiger charge is -2.13. The van der Waals surface area contributed by atoms with E-state index in [1.807, 2.05) is 6.07 Å². The van der Waals surface area contributed by atoms with Crippen LogP contribution >= 0.6 is 0 Å². The maximum absolute atomic E-state index is 11.6. The molecule has 1 aromatic rings. The molecule has 0 saturated carbocycles. The zero-order chi connectivity index (χ0) is 12.8. The smallest absolute Gasteiger partial charge is 0.238 e. The van der Waals surface area contributed by atoms with Crippen molar-refractivity contribution >= 4 is 5.91 Å². The summed E-state index contributed by atoms with van der Waals surface area (Å²) in [5, 5.41) is 1.61. The first kappa shape index (κ1) is 13.3. The van der Waals surface area contributed by atoms with E-state index >= 15 is 0 Å². The van der Waals surface area contributed by atoms with Crippen molar-refractivity contribution in [2.75, 3.05) is 28.3 Å². The summed E-state index contributed by atoms with van der Waals surface area (Å²) in [6.07, 6.45) is 0.269. The van der Waals surface area contributed by atoms with E-state index in [2.05, 4.69) is 5.43 Å². The number of rotatable bonds is 5. The van der Waals surface area contributed by atoms with Gasteiger partial charge in [-0.05, 0) is 6.07 Å². The highest BCUT2D eigenvalue weighted by Gasteiger charge is 2.10. The van der Waals surface area contributed by atoms with Gasteiger partial charge in [0.25, 0.3) is 0 Å². The molecule has 1 amide bonds. The van der Waals surface area contributed by atoms with Crippen molar-refractivity contribution in [3.63, 3.8) is 0 Å². The number of nitrogens with one attached hydrogen (secondary N) is 1. The third-order valence-corrected chi connectivity index (χ3v) is 2.19. The molecule has 0 aliphatic rings. The number of benzene rings is 1. The van der Waals surface area contributed by atoms with E-state index in [1.54, 1.807) is 45.5 Å². The van der Waals surface area contributed by atoms with E-state index < -0.39 is 0 Å². The lowest BCUT2D eigenvalue weighted by Crippen LogP contribution is -2.37. The molecule has 0 fully saturated rings. The third-order valence-electron chi connectivity index (χ3n) is 2.19. The molecular formula is C12H18N2O3. The van der Waals surface area contributed by atoms with E-state index in [4.69, 9.17) is 9.47 Å². The van der Waals surface area contributed by atoms with Gasteiger partial charge in [0.15, 0.2) is 0 Å². The van der Waals surface area contributed by atoms with Gasteiger partial charge >= 0.3 is 0 Å². The molecule has 0 saturated heterocycles. The number of amides is 1. The van der Waals surface area contributed by atoms with Gasteiger partial charge in [-0.3, -0.25) is 10.2 Å². The first-order chi connectivity index (χ1) is 8.06. The van der Waals surface area contributed by atoms with Crippen LogP contribution in [0, 0.1) is 0 Å². The van der Waals surface area contributed by atoms with Gasteiger partial charge in [0, 0.05) is 25.7 Å². The second-order valence-electron chi connectivity index (χ2n) is 3.78. The molecule has 0 radical (unpaired) electrons. The fraction of sp³-hybridized carbons (Fsp3) is 0.417. The summed E-state index contributed by atoms with van der Waals surface area (Å²) in [7, 11) is 6.70. The van der Waals surface area contributed by atoms with Crippen LogP contribution in [0.2, 0.25) is 0 Å². The van der Waals surface area contributed by atoms with Gasteiger partial charge in [0.05, 0.1) is 20.6 Å². The van der Waals surface area contributed by atoms with Gasteiger partial charge in [-0.2, -0.15) is 0 Å². The van der Waals surface area contributed by atoms with Crippen molar-refractivity contribution in [2.45, 2.75) is 6.42 Å². The van der Waals surface area contributed by atoms with E-state index in [9.17, 15) is 4.79 Å². The highest BCUT2D eigenvalue weighted by Crippen LogP contribution is 2.24. The molecule has 0 aromatic heterocycles. The predicted octanol–water partition coefficient (Wildman–Crippen LogP) is 0.839. The van der Waals surface area contributed by atoms with Crippen LogP contribution in [0.15, 0.2) is 18.2 Å². The molecule has 0 aliphatic carbocycles. The van der Waals surface area contributed by atoms with Crippen molar-refractivity contribution in [1.82, 2.24) is 10.4 Å². The summed E-state index contributed by atoms with van der Waals surface area (Å²) in [4.78, 5) is 11.6. The number of hydrogen-bond donors (Lipinski definition) is 1. The summed E-state index contributed by atoms with van der Waals surface area (Å²) in [6, 6.07) is 5.39. The van der Waals surface area contributed by atoms with Crippen LogP contribution < -0.4 is 14.9 Å². The maximum atomic E-state index is 11.6. The van der Waals surface area contributed by atoms with Crippen LogP contribution in [-0.2, 0) is 11.2 Å². The highest BCUT2D eigenvalue weighted by molar-refractivity contribution is 5.78. The lowest BCUT2D eigenvalue weighted by molar-refractivity contribution is -0.124. The quantitative estimate of drug-likeness (QED) is 0.772. The molecule has 5 heteroatoms. The fourth-order valence-corrected chi connectivity index (χ4v) is 1.46. The van der Waals surface area contributed by atoms with Gasteiger partial charge in [-0.25, -0.2) is 5.01 Å². The van der Waals surface area contributed by atoms with Crippen molar-refractivity contribution in [1.29, 1.82) is 0 Å². The second-order valence-corrected chi connectivity index (χ2v) is 3.78. The molecule has 0 unspecified atom stereocenters. The Hall–Kier alpha value is -1.75. The number of nitrogens with zero attached hydrogens (tertiary/aromatic N) is 1. The summed E-state index contributed by atoms with van der Waals surface area (Å²) in [5.74, 6) is 1.27. The molecule has 1 rings (SSSR count). The summed E-state index contributed by atoms with van der Waals surface area (Å²) in [5.41, 5.74) is 3.51. The second kappa shape index (κ2) is 6.10. The minimum atomic E-state index is -0.0848. The third kappa shape index (κ3) is 3.96. The summed E-state index contributed by atoms with van der Waals surface area (Å²) in [6.45, 7) is 0. The van der Waals surface area contributed by atoms with Crippen LogP contribution in [0.5, 0.6) is 11.5 Å². The van der Waals surface area contributed by atoms with E-state index in [0.717, 1.165) is 5.56 Å². The van der Waals surface area contributed by atoms with Gasteiger partial charge in [0.1, 0.15) is 11.5 Å². The molecule has 0 aliphatic heterocycles. The standard InChI is InChI=1S/C12H18N2O3/c1-14(2)13-12(15)7-9-5-6-10(16-3)8-11(9)17-4/h5-6,8H,7H2,1-4H3,(H,13,15). The molecule has 0 atom stereocenters. The SMILES string of the molecule is COc1ccc(CC(=O)NN(C)C)c(OC)c1. The minimum Gasteiger partial charge on any atom is -0.497 e. The molecule has 0 heterocycles. The molecule has 1 aromatic carbocycles. The van der Waals surface area contributed by atoms with Gasteiger partial charge in [-0.1, -0.05) is 6.07 Å². The largest absolute Gasteiger partial charge is 0.497 e. The average molecular weight is 238 g/mol. The van der Waals surface area contributed by atoms with E-state index in [1.165, 1.54) is 0 Å². The number of ether oxygens (including phenoxy) is 2. The fourth-order valence-electron chi connectivity index (χ4n) is 1.46. The van der Waals surface area contributed by atoms with Crippen LogP contribution in [-0.4, -0.2) is 39.2 Å². The number of methoxy groups -OCH3 is 2. The minimum absolute atomic E-state index is 0.0848. The van der Waals surface area contributed by atoms with Gasteiger partial charge in [-0.15, -0.1) is 0 Å². The summed E-state index contributed by atoms with van der Waals surface area (Å²) < 4.78 is 10.3. The number of hydrazine groups is 1. The van der Waals surface area contributed by atoms with Crippen LogP contribution in [0.4, 0.5) is 0 Å². The Morgan fingerprint density at radius 1 is 1.29 bits per heavy atom. The van der Waals surface area contributed by atoms with Gasteiger partial charge in [0.2, 0.25) is 5.91 Å². The Labute approximate surface area is 101 Å².